The van der Waals surface area contributed by atoms with E-state index in [0.717, 1.165) is 28.9 Å². The molecule has 0 aliphatic rings. The van der Waals surface area contributed by atoms with Crippen molar-refractivity contribution in [3.63, 3.8) is 0 Å². The summed E-state index contributed by atoms with van der Waals surface area (Å²) in [5, 5.41) is 18.2. The standard InChI is InChI=1S/C25H23F2N5O2/c1-18(33)30-22-7-4-19(5-8-22)2-3-20-10-11-31(13-20)14-25(34,15-32-17-28-16-29-32)23-9-6-21(26)12-24(23)27/h2-13,16-17,34H,14-15H2,1H3,(H,30,33)/b3-2+. The number of halogens is 2. The van der Waals surface area contributed by atoms with E-state index in [4.69, 9.17) is 0 Å². The Kier molecular flexibility index (Phi) is 6.65. The fourth-order valence-electron chi connectivity index (χ4n) is 3.70. The maximum atomic E-state index is 14.6. The lowest BCUT2D eigenvalue weighted by molar-refractivity contribution is -0.114. The average molecular weight is 463 g/mol. The molecule has 0 aliphatic carbocycles. The first kappa shape index (κ1) is 23.1. The molecule has 7 nitrogen and oxygen atoms in total. The molecule has 0 saturated carbocycles. The summed E-state index contributed by atoms with van der Waals surface area (Å²) in [5.74, 6) is -1.69. The largest absolute Gasteiger partial charge is 0.381 e. The van der Waals surface area contributed by atoms with E-state index in [1.165, 1.54) is 30.3 Å². The number of amides is 1. The lowest BCUT2D eigenvalue weighted by Crippen LogP contribution is -2.37. The van der Waals surface area contributed by atoms with Crippen LogP contribution in [-0.4, -0.2) is 30.3 Å². The molecule has 0 spiro atoms. The number of nitrogens with one attached hydrogen (secondary N) is 1. The van der Waals surface area contributed by atoms with E-state index in [1.54, 1.807) is 10.8 Å². The first-order valence-electron chi connectivity index (χ1n) is 10.5. The van der Waals surface area contributed by atoms with Crippen molar-refractivity contribution in [1.29, 1.82) is 0 Å². The lowest BCUT2D eigenvalue weighted by atomic mass is 9.92. The van der Waals surface area contributed by atoms with E-state index in [1.807, 2.05) is 48.7 Å². The monoisotopic (exact) mass is 463 g/mol. The zero-order valence-corrected chi connectivity index (χ0v) is 18.4. The number of anilines is 1. The van der Waals surface area contributed by atoms with Crippen LogP contribution in [0.1, 0.15) is 23.6 Å². The number of carbonyl (C=O) groups excluding carboxylic acids is 1. The number of nitrogens with zero attached hydrogens (tertiary/aromatic N) is 4. The van der Waals surface area contributed by atoms with Gasteiger partial charge in [-0.25, -0.2) is 18.4 Å². The summed E-state index contributed by atoms with van der Waals surface area (Å²) in [4.78, 5) is 15.0. The summed E-state index contributed by atoms with van der Waals surface area (Å²) in [6, 6.07) is 12.4. The second kappa shape index (κ2) is 9.80. The van der Waals surface area contributed by atoms with E-state index in [2.05, 4.69) is 15.4 Å². The highest BCUT2D eigenvalue weighted by Crippen LogP contribution is 2.29. The molecule has 9 heteroatoms. The summed E-state index contributed by atoms with van der Waals surface area (Å²) in [5.41, 5.74) is 0.793. The Morgan fingerprint density at radius 2 is 1.85 bits per heavy atom. The molecular formula is C25H23F2N5O2. The molecule has 4 rings (SSSR count). The van der Waals surface area contributed by atoms with Crippen molar-refractivity contribution in [2.24, 2.45) is 0 Å². The minimum Gasteiger partial charge on any atom is -0.381 e. The molecule has 0 saturated heterocycles. The maximum absolute atomic E-state index is 14.6. The highest BCUT2D eigenvalue weighted by molar-refractivity contribution is 5.88. The van der Waals surface area contributed by atoms with Crippen molar-refractivity contribution in [2.45, 2.75) is 25.6 Å². The summed E-state index contributed by atoms with van der Waals surface area (Å²) < 4.78 is 31.2. The molecule has 0 radical (unpaired) electrons. The number of aliphatic hydroxyl groups is 1. The summed E-state index contributed by atoms with van der Waals surface area (Å²) in [7, 11) is 0. The quantitative estimate of drug-likeness (QED) is 0.413. The van der Waals surface area contributed by atoms with Crippen LogP contribution in [0.5, 0.6) is 0 Å². The zero-order valence-electron chi connectivity index (χ0n) is 18.4. The highest BCUT2D eigenvalue weighted by Gasteiger charge is 2.34. The molecule has 2 N–H and O–H groups in total. The Bertz CT molecular complexity index is 1300. The van der Waals surface area contributed by atoms with Crippen LogP contribution < -0.4 is 5.32 Å². The van der Waals surface area contributed by atoms with Crippen LogP contribution >= 0.6 is 0 Å². The third-order valence-electron chi connectivity index (χ3n) is 5.24. The minimum atomic E-state index is -1.70. The third kappa shape index (κ3) is 5.62. The molecule has 1 unspecified atom stereocenters. The van der Waals surface area contributed by atoms with Crippen molar-refractivity contribution in [1.82, 2.24) is 19.3 Å². The van der Waals surface area contributed by atoms with Gasteiger partial charge in [-0.3, -0.25) is 4.79 Å². The molecule has 2 heterocycles. The Hall–Kier alpha value is -4.11. The average Bonchev–Trinajstić information content (AvgIpc) is 3.44. The van der Waals surface area contributed by atoms with Gasteiger partial charge >= 0.3 is 0 Å². The van der Waals surface area contributed by atoms with Gasteiger partial charge in [0, 0.05) is 36.6 Å². The van der Waals surface area contributed by atoms with Gasteiger partial charge in [0.15, 0.2) is 0 Å². The Balaban J connectivity index is 1.53. The molecule has 0 bridgehead atoms. The van der Waals surface area contributed by atoms with E-state index >= 15 is 0 Å². The number of rotatable bonds is 8. The van der Waals surface area contributed by atoms with E-state index in [9.17, 15) is 18.7 Å². The van der Waals surface area contributed by atoms with Gasteiger partial charge < -0.3 is 15.0 Å². The third-order valence-corrected chi connectivity index (χ3v) is 5.24. The molecule has 34 heavy (non-hydrogen) atoms. The fourth-order valence-corrected chi connectivity index (χ4v) is 3.70. The van der Waals surface area contributed by atoms with Crippen LogP contribution in [0, 0.1) is 11.6 Å². The summed E-state index contributed by atoms with van der Waals surface area (Å²) in [6.45, 7) is 1.39. The summed E-state index contributed by atoms with van der Waals surface area (Å²) in [6.07, 6.45) is 10.1. The van der Waals surface area contributed by atoms with Crippen LogP contribution in [0.3, 0.4) is 0 Å². The van der Waals surface area contributed by atoms with Crippen LogP contribution in [0.15, 0.2) is 73.6 Å². The van der Waals surface area contributed by atoms with Crippen molar-refractivity contribution in [2.75, 3.05) is 5.32 Å². The smallest absolute Gasteiger partial charge is 0.221 e. The van der Waals surface area contributed by atoms with Crippen LogP contribution in [0.2, 0.25) is 0 Å². The van der Waals surface area contributed by atoms with Gasteiger partial charge in [-0.15, -0.1) is 0 Å². The van der Waals surface area contributed by atoms with Gasteiger partial charge in [0.1, 0.15) is 29.9 Å². The molecule has 1 amide bonds. The van der Waals surface area contributed by atoms with Crippen molar-refractivity contribution in [3.8, 4) is 0 Å². The zero-order chi connectivity index (χ0) is 24.1. The Morgan fingerprint density at radius 1 is 1.09 bits per heavy atom. The van der Waals surface area contributed by atoms with E-state index in [-0.39, 0.29) is 24.6 Å². The molecule has 4 aromatic rings. The van der Waals surface area contributed by atoms with Gasteiger partial charge in [0.25, 0.3) is 0 Å². The summed E-state index contributed by atoms with van der Waals surface area (Å²) >= 11 is 0. The van der Waals surface area contributed by atoms with Gasteiger partial charge in [-0.1, -0.05) is 30.4 Å². The predicted molar refractivity (Wildman–Crippen MR) is 124 cm³/mol. The van der Waals surface area contributed by atoms with Gasteiger partial charge in [0.2, 0.25) is 5.91 Å². The molecular weight excluding hydrogens is 440 g/mol. The molecule has 2 aromatic heterocycles. The topological polar surface area (TPSA) is 85.0 Å². The van der Waals surface area contributed by atoms with Crippen molar-refractivity contribution >= 4 is 23.7 Å². The predicted octanol–water partition coefficient (Wildman–Crippen LogP) is 4.07. The second-order valence-corrected chi connectivity index (χ2v) is 8.00. The molecule has 0 fully saturated rings. The highest BCUT2D eigenvalue weighted by atomic mass is 19.1. The first-order chi connectivity index (χ1) is 16.3. The Morgan fingerprint density at radius 3 is 2.53 bits per heavy atom. The minimum absolute atomic E-state index is 0.00860. The normalized spacial score (nSPS) is 13.2. The van der Waals surface area contributed by atoms with Crippen molar-refractivity contribution < 1.29 is 18.7 Å². The van der Waals surface area contributed by atoms with Crippen LogP contribution in [-0.2, 0) is 23.5 Å². The van der Waals surface area contributed by atoms with Crippen LogP contribution in [0.4, 0.5) is 14.5 Å². The second-order valence-electron chi connectivity index (χ2n) is 8.00. The van der Waals surface area contributed by atoms with Crippen molar-refractivity contribution in [3.05, 3.63) is 102 Å². The number of benzene rings is 2. The lowest BCUT2D eigenvalue weighted by Gasteiger charge is -2.29. The van der Waals surface area contributed by atoms with Gasteiger partial charge in [0.05, 0.1) is 13.1 Å². The fraction of sp³-hybridized carbons (Fsp3) is 0.160. The first-order valence-corrected chi connectivity index (χ1v) is 10.5. The van der Waals surface area contributed by atoms with Gasteiger partial charge in [-0.2, -0.15) is 5.10 Å². The van der Waals surface area contributed by atoms with Crippen LogP contribution in [0.25, 0.3) is 12.2 Å². The van der Waals surface area contributed by atoms with Gasteiger partial charge in [-0.05, 0) is 35.4 Å². The SMILES string of the molecule is CC(=O)Nc1ccc(/C=C/c2ccn(CC(O)(Cn3cncn3)c3ccc(F)cc3F)c2)cc1. The maximum Gasteiger partial charge on any atom is 0.221 e. The molecule has 0 aliphatic heterocycles. The molecule has 174 valence electrons. The van der Waals surface area contributed by atoms with E-state index < -0.39 is 17.2 Å². The number of carbonyl (C=O) groups is 1. The number of hydrogen-bond acceptors (Lipinski definition) is 4. The Labute approximate surface area is 195 Å². The van der Waals surface area contributed by atoms with E-state index in [0.29, 0.717) is 0 Å². The molecule has 2 aromatic carbocycles. The molecule has 1 atom stereocenters. The number of hydrogen-bond donors (Lipinski definition) is 2. The number of aromatic nitrogens is 4.